The molecule has 120 valence electrons. The van der Waals surface area contributed by atoms with Gasteiger partial charge in [0.15, 0.2) is 0 Å². The molecule has 2 atom stereocenters. The van der Waals surface area contributed by atoms with Crippen LogP contribution in [0.25, 0.3) is 0 Å². The lowest BCUT2D eigenvalue weighted by Gasteiger charge is -2.28. The van der Waals surface area contributed by atoms with E-state index in [-0.39, 0.29) is 11.8 Å². The van der Waals surface area contributed by atoms with Gasteiger partial charge in [-0.1, -0.05) is 52.4 Å². The van der Waals surface area contributed by atoms with Gasteiger partial charge in [0.05, 0.1) is 12.0 Å². The molecule has 0 aliphatic rings. The summed E-state index contributed by atoms with van der Waals surface area (Å²) in [5.41, 5.74) is 0. The van der Waals surface area contributed by atoms with E-state index in [1.807, 2.05) is 18.7 Å². The van der Waals surface area contributed by atoms with Crippen LogP contribution in [0, 0.1) is 5.92 Å². The Kier molecular flexibility index (Phi) is 11.8. The number of aliphatic hydroxyl groups excluding tert-OH is 1. The summed E-state index contributed by atoms with van der Waals surface area (Å²) in [5.74, 6) is -0.0529. The summed E-state index contributed by atoms with van der Waals surface area (Å²) < 4.78 is 0. The third kappa shape index (κ3) is 7.28. The predicted molar refractivity (Wildman–Crippen MR) is 85.7 cm³/mol. The summed E-state index contributed by atoms with van der Waals surface area (Å²) >= 11 is 0. The summed E-state index contributed by atoms with van der Waals surface area (Å²) in [6.07, 6.45) is 7.82. The van der Waals surface area contributed by atoms with E-state index in [1.165, 1.54) is 12.8 Å². The number of hydrogen-bond acceptors (Lipinski definition) is 2. The average Bonchev–Trinajstić information content (AvgIpc) is 2.45. The van der Waals surface area contributed by atoms with Crippen LogP contribution in [0.4, 0.5) is 0 Å². The lowest BCUT2D eigenvalue weighted by Crippen LogP contribution is -2.41. The maximum Gasteiger partial charge on any atom is 0.228 e. The Morgan fingerprint density at radius 1 is 0.900 bits per heavy atom. The molecule has 20 heavy (non-hydrogen) atoms. The van der Waals surface area contributed by atoms with Crippen LogP contribution in [0.2, 0.25) is 0 Å². The van der Waals surface area contributed by atoms with E-state index < -0.39 is 6.10 Å². The minimum Gasteiger partial charge on any atom is -0.392 e. The first kappa shape index (κ1) is 19.4. The molecule has 0 aromatic heterocycles. The van der Waals surface area contributed by atoms with Crippen molar-refractivity contribution in [2.75, 3.05) is 13.1 Å². The molecule has 1 amide bonds. The average molecular weight is 285 g/mol. The molecule has 0 unspecified atom stereocenters. The molecule has 0 bridgehead atoms. The number of hydrogen-bond donors (Lipinski definition) is 1. The topological polar surface area (TPSA) is 40.5 Å². The fourth-order valence-electron chi connectivity index (χ4n) is 2.66. The molecule has 0 saturated carbocycles. The van der Waals surface area contributed by atoms with Gasteiger partial charge in [-0.15, -0.1) is 0 Å². The molecule has 1 N–H and O–H groups in total. The quantitative estimate of drug-likeness (QED) is 0.551. The zero-order valence-electron chi connectivity index (χ0n) is 14.0. The smallest absolute Gasteiger partial charge is 0.228 e. The minimum atomic E-state index is -0.466. The van der Waals surface area contributed by atoms with Crippen molar-refractivity contribution in [3.05, 3.63) is 0 Å². The molecule has 0 aliphatic carbocycles. The van der Waals surface area contributed by atoms with Crippen LogP contribution in [0.5, 0.6) is 0 Å². The number of carbonyl (C=O) groups is 1. The van der Waals surface area contributed by atoms with Crippen molar-refractivity contribution in [1.82, 2.24) is 4.90 Å². The van der Waals surface area contributed by atoms with Gasteiger partial charge < -0.3 is 10.0 Å². The van der Waals surface area contributed by atoms with Gasteiger partial charge in [-0.25, -0.2) is 0 Å². The largest absolute Gasteiger partial charge is 0.392 e. The van der Waals surface area contributed by atoms with Crippen LogP contribution in [-0.4, -0.2) is 35.1 Å². The van der Waals surface area contributed by atoms with Crippen LogP contribution in [0.1, 0.15) is 79.1 Å². The minimum absolute atomic E-state index is 0.145. The summed E-state index contributed by atoms with van der Waals surface area (Å²) in [6, 6.07) is 0. The van der Waals surface area contributed by atoms with E-state index in [0.29, 0.717) is 0 Å². The molecule has 0 spiro atoms. The van der Waals surface area contributed by atoms with Gasteiger partial charge in [0.2, 0.25) is 5.91 Å². The lowest BCUT2D eigenvalue weighted by molar-refractivity contribution is -0.139. The van der Waals surface area contributed by atoms with Gasteiger partial charge in [0.25, 0.3) is 0 Å². The van der Waals surface area contributed by atoms with E-state index >= 15 is 0 Å². The number of carbonyl (C=O) groups excluding carboxylic acids is 1. The number of unbranched alkanes of at least 4 members (excludes halogenated alkanes) is 4. The van der Waals surface area contributed by atoms with Crippen molar-refractivity contribution in [2.24, 2.45) is 5.92 Å². The second kappa shape index (κ2) is 12.2. The molecular weight excluding hydrogens is 250 g/mol. The first-order chi connectivity index (χ1) is 9.62. The lowest BCUT2D eigenvalue weighted by atomic mass is 9.91. The standard InChI is InChI=1S/C17H35NO2/c1-5-9-11-12-14-16(19)15(13-10-6-2)17(20)18(7-3)8-4/h15-16,19H,5-14H2,1-4H3/t15-,16+/m0/s1. The number of nitrogens with zero attached hydrogens (tertiary/aromatic N) is 1. The monoisotopic (exact) mass is 285 g/mol. The second-order valence-corrected chi connectivity index (χ2v) is 5.68. The van der Waals surface area contributed by atoms with Gasteiger partial charge in [0, 0.05) is 13.1 Å². The molecule has 0 aromatic rings. The Labute approximate surface area is 125 Å². The fourth-order valence-corrected chi connectivity index (χ4v) is 2.66. The third-order valence-electron chi connectivity index (χ3n) is 4.08. The molecule has 3 nitrogen and oxygen atoms in total. The maximum atomic E-state index is 12.5. The molecule has 0 saturated heterocycles. The first-order valence-corrected chi connectivity index (χ1v) is 8.59. The molecule has 3 heteroatoms. The molecule has 0 aliphatic heterocycles. The highest BCUT2D eigenvalue weighted by atomic mass is 16.3. The van der Waals surface area contributed by atoms with Crippen molar-refractivity contribution in [2.45, 2.75) is 85.2 Å². The summed E-state index contributed by atoms with van der Waals surface area (Å²) in [7, 11) is 0. The molecule has 0 fully saturated rings. The molecular formula is C17H35NO2. The number of aliphatic hydroxyl groups is 1. The first-order valence-electron chi connectivity index (χ1n) is 8.59. The summed E-state index contributed by atoms with van der Waals surface area (Å²) in [4.78, 5) is 14.4. The van der Waals surface area contributed by atoms with Crippen molar-refractivity contribution in [1.29, 1.82) is 0 Å². The van der Waals surface area contributed by atoms with Crippen LogP contribution in [-0.2, 0) is 4.79 Å². The predicted octanol–water partition coefficient (Wildman–Crippen LogP) is 3.99. The fraction of sp³-hybridized carbons (Fsp3) is 0.941. The summed E-state index contributed by atoms with van der Waals surface area (Å²) in [5, 5.41) is 10.4. The SMILES string of the molecule is CCCCCC[C@@H](O)[C@H](CCCC)C(=O)N(CC)CC. The van der Waals surface area contributed by atoms with E-state index in [9.17, 15) is 9.90 Å². The third-order valence-corrected chi connectivity index (χ3v) is 4.08. The van der Waals surface area contributed by atoms with Crippen LogP contribution in [0.3, 0.4) is 0 Å². The van der Waals surface area contributed by atoms with E-state index in [4.69, 9.17) is 0 Å². The maximum absolute atomic E-state index is 12.5. The van der Waals surface area contributed by atoms with Crippen LogP contribution < -0.4 is 0 Å². The number of rotatable bonds is 12. The Bertz CT molecular complexity index is 239. The van der Waals surface area contributed by atoms with Gasteiger partial charge in [-0.2, -0.15) is 0 Å². The Hall–Kier alpha value is -0.570. The van der Waals surface area contributed by atoms with Gasteiger partial charge in [0.1, 0.15) is 0 Å². The van der Waals surface area contributed by atoms with Gasteiger partial charge in [-0.05, 0) is 26.7 Å². The molecule has 0 aromatic carbocycles. The van der Waals surface area contributed by atoms with Crippen molar-refractivity contribution < 1.29 is 9.90 Å². The summed E-state index contributed by atoms with van der Waals surface area (Å²) in [6.45, 7) is 9.80. The van der Waals surface area contributed by atoms with Crippen LogP contribution in [0.15, 0.2) is 0 Å². The van der Waals surface area contributed by atoms with Gasteiger partial charge >= 0.3 is 0 Å². The highest BCUT2D eigenvalue weighted by Gasteiger charge is 2.28. The Morgan fingerprint density at radius 3 is 2.00 bits per heavy atom. The highest BCUT2D eigenvalue weighted by molar-refractivity contribution is 5.79. The van der Waals surface area contributed by atoms with Crippen LogP contribution >= 0.6 is 0 Å². The van der Waals surface area contributed by atoms with E-state index in [2.05, 4.69) is 13.8 Å². The molecule has 0 rings (SSSR count). The molecule has 0 radical (unpaired) electrons. The number of amides is 1. The van der Waals surface area contributed by atoms with Gasteiger partial charge in [-0.3, -0.25) is 4.79 Å². The Morgan fingerprint density at radius 2 is 1.50 bits per heavy atom. The zero-order chi connectivity index (χ0) is 15.4. The van der Waals surface area contributed by atoms with E-state index in [1.54, 1.807) is 0 Å². The van der Waals surface area contributed by atoms with E-state index in [0.717, 1.165) is 51.6 Å². The second-order valence-electron chi connectivity index (χ2n) is 5.68. The van der Waals surface area contributed by atoms with Crippen molar-refractivity contribution in [3.63, 3.8) is 0 Å². The van der Waals surface area contributed by atoms with Crippen molar-refractivity contribution >= 4 is 5.91 Å². The zero-order valence-corrected chi connectivity index (χ0v) is 14.0. The highest BCUT2D eigenvalue weighted by Crippen LogP contribution is 2.21. The Balaban J connectivity index is 4.47. The normalized spacial score (nSPS) is 14.1. The molecule has 0 heterocycles. The van der Waals surface area contributed by atoms with Crippen molar-refractivity contribution in [3.8, 4) is 0 Å².